The summed E-state index contributed by atoms with van der Waals surface area (Å²) in [5.41, 5.74) is 6.84. The number of anilines is 2. The van der Waals surface area contributed by atoms with Crippen LogP contribution in [0.2, 0.25) is 0 Å². The van der Waals surface area contributed by atoms with Gasteiger partial charge in [0.25, 0.3) is 5.91 Å². The van der Waals surface area contributed by atoms with E-state index in [1.54, 1.807) is 0 Å². The molecule has 0 aliphatic carbocycles. The van der Waals surface area contributed by atoms with Crippen molar-refractivity contribution in [1.82, 2.24) is 0 Å². The summed E-state index contributed by atoms with van der Waals surface area (Å²) >= 11 is 0. The number of benzene rings is 3. The molecule has 0 unspecified atom stereocenters. The van der Waals surface area contributed by atoms with Gasteiger partial charge in [-0.3, -0.25) is 9.59 Å². The van der Waals surface area contributed by atoms with Crippen LogP contribution in [-0.4, -0.2) is 18.4 Å². The van der Waals surface area contributed by atoms with E-state index in [1.165, 1.54) is 0 Å². The van der Waals surface area contributed by atoms with E-state index in [-0.39, 0.29) is 17.7 Å². The second-order valence-corrected chi connectivity index (χ2v) is 7.79. The molecule has 0 aromatic heterocycles. The molecule has 1 atom stereocenters. The summed E-state index contributed by atoms with van der Waals surface area (Å²) in [5, 5.41) is 3.03. The monoisotopic (exact) mass is 382 g/mol. The van der Waals surface area contributed by atoms with E-state index in [4.69, 9.17) is 0 Å². The maximum Gasteiger partial charge on any atom is 0.255 e. The summed E-state index contributed by atoms with van der Waals surface area (Å²) in [5.74, 6) is -0.119. The van der Waals surface area contributed by atoms with E-state index < -0.39 is 0 Å². The summed E-state index contributed by atoms with van der Waals surface area (Å²) in [6.45, 7) is 2.74. The van der Waals surface area contributed by atoms with Gasteiger partial charge in [-0.2, -0.15) is 0 Å². The van der Waals surface area contributed by atoms with Crippen LogP contribution in [-0.2, 0) is 11.2 Å². The number of nitrogens with one attached hydrogen (secondary N) is 1. The molecule has 2 amide bonds. The van der Waals surface area contributed by atoms with Crippen molar-refractivity contribution < 1.29 is 9.59 Å². The van der Waals surface area contributed by atoms with Gasteiger partial charge in [0, 0.05) is 17.8 Å². The second kappa shape index (κ2) is 6.89. The Kier molecular flexibility index (Phi) is 4.20. The van der Waals surface area contributed by atoms with Crippen LogP contribution in [0.3, 0.4) is 0 Å². The Bertz CT molecular complexity index is 1100. The zero-order chi connectivity index (χ0) is 20.0. The molecule has 4 nitrogen and oxygen atoms in total. The van der Waals surface area contributed by atoms with Gasteiger partial charge >= 0.3 is 0 Å². The average Bonchev–Trinajstić information content (AvgIpc) is 3.01. The first kappa shape index (κ1) is 17.7. The molecule has 0 bridgehead atoms. The first-order chi connectivity index (χ1) is 14.1. The molecule has 1 N–H and O–H groups in total. The molecule has 0 radical (unpaired) electrons. The third kappa shape index (κ3) is 3.01. The van der Waals surface area contributed by atoms with Crippen molar-refractivity contribution in [2.45, 2.75) is 25.7 Å². The zero-order valence-corrected chi connectivity index (χ0v) is 16.3. The zero-order valence-electron chi connectivity index (χ0n) is 16.3. The normalized spacial score (nSPS) is 17.2. The lowest BCUT2D eigenvalue weighted by Gasteiger charge is -2.26. The summed E-state index contributed by atoms with van der Waals surface area (Å²) in [4.78, 5) is 27.2. The minimum atomic E-state index is -0.149. The van der Waals surface area contributed by atoms with Gasteiger partial charge in [0.15, 0.2) is 0 Å². The molecule has 4 heteroatoms. The molecule has 0 spiro atoms. The molecule has 5 rings (SSSR count). The molecular weight excluding hydrogens is 360 g/mol. The molecule has 2 aliphatic heterocycles. The van der Waals surface area contributed by atoms with Crippen molar-refractivity contribution >= 4 is 23.2 Å². The molecular formula is C25H22N2O2. The number of hydrogen-bond donors (Lipinski definition) is 1. The average molecular weight is 382 g/mol. The third-order valence-electron chi connectivity index (χ3n) is 5.93. The number of carbonyl (C=O) groups excluding carboxylic acids is 2. The minimum absolute atomic E-state index is 0.138. The smallest absolute Gasteiger partial charge is 0.255 e. The second-order valence-electron chi connectivity index (χ2n) is 7.79. The Morgan fingerprint density at radius 3 is 2.48 bits per heavy atom. The van der Waals surface area contributed by atoms with Gasteiger partial charge in [-0.25, -0.2) is 0 Å². The van der Waals surface area contributed by atoms with E-state index in [0.29, 0.717) is 5.56 Å². The Labute approximate surface area is 170 Å². The molecule has 29 heavy (non-hydrogen) atoms. The van der Waals surface area contributed by atoms with Crippen molar-refractivity contribution in [2.24, 2.45) is 0 Å². The number of amides is 2. The first-order valence-corrected chi connectivity index (χ1v) is 10.1. The van der Waals surface area contributed by atoms with E-state index in [1.807, 2.05) is 66.4 Å². The molecule has 2 aliphatic rings. The van der Waals surface area contributed by atoms with Gasteiger partial charge in [-0.1, -0.05) is 42.5 Å². The summed E-state index contributed by atoms with van der Waals surface area (Å²) < 4.78 is 0. The Balaban J connectivity index is 1.40. The van der Waals surface area contributed by atoms with Gasteiger partial charge in [-0.05, 0) is 66.3 Å². The molecule has 144 valence electrons. The van der Waals surface area contributed by atoms with E-state index in [2.05, 4.69) is 17.4 Å². The highest BCUT2D eigenvalue weighted by Crippen LogP contribution is 2.44. The van der Waals surface area contributed by atoms with Crippen LogP contribution in [0.25, 0.3) is 11.1 Å². The minimum Gasteiger partial charge on any atom is -0.322 e. The fourth-order valence-electron chi connectivity index (χ4n) is 4.42. The van der Waals surface area contributed by atoms with E-state index in [9.17, 15) is 9.59 Å². The molecule has 0 saturated heterocycles. The van der Waals surface area contributed by atoms with Crippen LogP contribution in [0, 0.1) is 0 Å². The predicted molar refractivity (Wildman–Crippen MR) is 115 cm³/mol. The summed E-state index contributed by atoms with van der Waals surface area (Å²) in [6.07, 6.45) is 1.90. The van der Waals surface area contributed by atoms with Crippen LogP contribution in [0.4, 0.5) is 11.4 Å². The van der Waals surface area contributed by atoms with Crippen LogP contribution in [0.5, 0.6) is 0 Å². The molecule has 0 saturated carbocycles. The topological polar surface area (TPSA) is 49.4 Å². The van der Waals surface area contributed by atoms with E-state index in [0.717, 1.165) is 53.0 Å². The number of rotatable bonds is 3. The van der Waals surface area contributed by atoms with Crippen LogP contribution >= 0.6 is 0 Å². The molecule has 2 heterocycles. The van der Waals surface area contributed by atoms with Gasteiger partial charge in [-0.15, -0.1) is 0 Å². The fourth-order valence-corrected chi connectivity index (χ4v) is 4.42. The highest BCUT2D eigenvalue weighted by atomic mass is 16.2. The number of nitrogens with zero attached hydrogens (tertiary/aromatic N) is 1. The number of hydrogen-bond acceptors (Lipinski definition) is 2. The highest BCUT2D eigenvalue weighted by molar-refractivity contribution is 6.08. The SMILES string of the molecule is C[C@@H]1C(=O)N2CCCc3cc(NC(=O)c4ccc(-c5ccccc5)cc4)cc1c32. The lowest BCUT2D eigenvalue weighted by Crippen LogP contribution is -2.32. The number of carbonyl (C=O) groups is 2. The van der Waals surface area contributed by atoms with Crippen molar-refractivity contribution in [3.63, 3.8) is 0 Å². The Morgan fingerprint density at radius 1 is 1.00 bits per heavy atom. The van der Waals surface area contributed by atoms with Crippen LogP contribution in [0.15, 0.2) is 66.7 Å². The number of aryl methyl sites for hydroxylation is 1. The molecule has 3 aromatic carbocycles. The first-order valence-electron chi connectivity index (χ1n) is 10.1. The van der Waals surface area contributed by atoms with E-state index >= 15 is 0 Å². The van der Waals surface area contributed by atoms with Gasteiger partial charge in [0.1, 0.15) is 0 Å². The van der Waals surface area contributed by atoms with Crippen molar-refractivity contribution in [2.75, 3.05) is 16.8 Å². The van der Waals surface area contributed by atoms with Gasteiger partial charge in [0.05, 0.1) is 11.6 Å². The largest absolute Gasteiger partial charge is 0.322 e. The lowest BCUT2D eigenvalue weighted by atomic mass is 9.96. The fraction of sp³-hybridized carbons (Fsp3) is 0.200. The third-order valence-corrected chi connectivity index (χ3v) is 5.93. The van der Waals surface area contributed by atoms with Crippen LogP contribution in [0.1, 0.15) is 40.7 Å². The highest BCUT2D eigenvalue weighted by Gasteiger charge is 2.37. The van der Waals surface area contributed by atoms with Crippen molar-refractivity contribution in [1.29, 1.82) is 0 Å². The maximum absolute atomic E-state index is 12.8. The van der Waals surface area contributed by atoms with Gasteiger partial charge < -0.3 is 10.2 Å². The molecule has 3 aromatic rings. The summed E-state index contributed by atoms with van der Waals surface area (Å²) in [7, 11) is 0. The lowest BCUT2D eigenvalue weighted by molar-refractivity contribution is -0.119. The Morgan fingerprint density at radius 2 is 1.72 bits per heavy atom. The summed E-state index contributed by atoms with van der Waals surface area (Å²) in [6, 6.07) is 21.7. The Hall–Kier alpha value is -3.40. The van der Waals surface area contributed by atoms with Crippen molar-refractivity contribution in [3.05, 3.63) is 83.4 Å². The predicted octanol–water partition coefficient (Wildman–Crippen LogP) is 5.00. The van der Waals surface area contributed by atoms with Gasteiger partial charge in [0.2, 0.25) is 5.91 Å². The standard InChI is InChI=1S/C25H22N2O2/c1-16-22-15-21(14-20-8-5-13-27(23(20)22)25(16)29)26-24(28)19-11-9-18(10-12-19)17-6-3-2-4-7-17/h2-4,6-7,9-12,14-16H,5,8,13H2,1H3,(H,26,28)/t16-/m0/s1. The quantitative estimate of drug-likeness (QED) is 0.693. The molecule has 0 fully saturated rings. The van der Waals surface area contributed by atoms with Crippen LogP contribution < -0.4 is 10.2 Å². The maximum atomic E-state index is 12.8. The van der Waals surface area contributed by atoms with Crippen molar-refractivity contribution in [3.8, 4) is 11.1 Å².